The van der Waals surface area contributed by atoms with E-state index in [1.807, 2.05) is 31.3 Å². The van der Waals surface area contributed by atoms with Crippen molar-refractivity contribution in [2.24, 2.45) is 0 Å². The van der Waals surface area contributed by atoms with Crippen LogP contribution >= 0.6 is 0 Å². The van der Waals surface area contributed by atoms with Gasteiger partial charge >= 0.3 is 0 Å². The second-order valence-corrected chi connectivity index (χ2v) is 5.24. The van der Waals surface area contributed by atoms with Gasteiger partial charge in [0.1, 0.15) is 11.6 Å². The summed E-state index contributed by atoms with van der Waals surface area (Å²) >= 11 is 0. The van der Waals surface area contributed by atoms with E-state index in [1.165, 1.54) is 6.07 Å². The fraction of sp³-hybridized carbons (Fsp3) is 0.353. The lowest BCUT2D eigenvalue weighted by Gasteiger charge is -2.17. The molecule has 0 spiro atoms. The van der Waals surface area contributed by atoms with E-state index in [1.54, 1.807) is 12.1 Å². The molecule has 1 aromatic heterocycles. The Morgan fingerprint density at radius 1 is 1.14 bits per heavy atom. The highest BCUT2D eigenvalue weighted by Crippen LogP contribution is 2.10. The SMILES string of the molecule is CCCNc1cccc(CN(C)Cc2cccc(F)c2)n1. The zero-order valence-electron chi connectivity index (χ0n) is 12.6. The van der Waals surface area contributed by atoms with Gasteiger partial charge in [0, 0.05) is 19.6 Å². The van der Waals surface area contributed by atoms with Gasteiger partial charge in [0.15, 0.2) is 0 Å². The lowest BCUT2D eigenvalue weighted by molar-refractivity contribution is 0.315. The molecule has 1 N–H and O–H groups in total. The summed E-state index contributed by atoms with van der Waals surface area (Å²) in [6.07, 6.45) is 1.07. The second-order valence-electron chi connectivity index (χ2n) is 5.24. The molecule has 0 aliphatic carbocycles. The Labute approximate surface area is 125 Å². The van der Waals surface area contributed by atoms with Gasteiger partial charge < -0.3 is 5.32 Å². The van der Waals surface area contributed by atoms with E-state index >= 15 is 0 Å². The number of aromatic nitrogens is 1. The number of benzene rings is 1. The van der Waals surface area contributed by atoms with E-state index < -0.39 is 0 Å². The highest BCUT2D eigenvalue weighted by molar-refractivity contribution is 5.35. The molecule has 112 valence electrons. The van der Waals surface area contributed by atoms with Crippen LogP contribution in [-0.4, -0.2) is 23.5 Å². The molecular weight excluding hydrogens is 265 g/mol. The van der Waals surface area contributed by atoms with E-state index in [0.717, 1.165) is 36.6 Å². The summed E-state index contributed by atoms with van der Waals surface area (Å²) in [5.74, 6) is 0.721. The first-order valence-electron chi connectivity index (χ1n) is 7.30. The van der Waals surface area contributed by atoms with Gasteiger partial charge in [0.05, 0.1) is 5.69 Å². The maximum absolute atomic E-state index is 13.2. The topological polar surface area (TPSA) is 28.2 Å². The quantitative estimate of drug-likeness (QED) is 0.842. The number of nitrogens with one attached hydrogen (secondary N) is 1. The predicted molar refractivity (Wildman–Crippen MR) is 84.6 cm³/mol. The molecule has 0 saturated carbocycles. The first-order valence-corrected chi connectivity index (χ1v) is 7.30. The highest BCUT2D eigenvalue weighted by atomic mass is 19.1. The lowest BCUT2D eigenvalue weighted by Crippen LogP contribution is -2.18. The zero-order valence-corrected chi connectivity index (χ0v) is 12.6. The third-order valence-corrected chi connectivity index (χ3v) is 3.14. The first kappa shape index (κ1) is 15.4. The summed E-state index contributed by atoms with van der Waals surface area (Å²) in [5.41, 5.74) is 1.98. The van der Waals surface area contributed by atoms with Crippen molar-refractivity contribution in [3.8, 4) is 0 Å². The van der Waals surface area contributed by atoms with Crippen molar-refractivity contribution in [2.75, 3.05) is 18.9 Å². The molecule has 1 aromatic carbocycles. The van der Waals surface area contributed by atoms with Gasteiger partial charge in [-0.25, -0.2) is 9.37 Å². The second kappa shape index (κ2) is 7.74. The number of rotatable bonds is 7. The number of pyridine rings is 1. The Kier molecular flexibility index (Phi) is 5.69. The Hall–Kier alpha value is -1.94. The standard InChI is InChI=1S/C17H22FN3/c1-3-10-19-17-9-5-8-16(20-17)13-21(2)12-14-6-4-7-15(18)11-14/h4-9,11H,3,10,12-13H2,1-2H3,(H,19,20). The van der Waals surface area contributed by atoms with Crippen LogP contribution < -0.4 is 5.32 Å². The summed E-state index contributed by atoms with van der Waals surface area (Å²) < 4.78 is 13.2. The van der Waals surface area contributed by atoms with Crippen molar-refractivity contribution in [3.05, 3.63) is 59.5 Å². The molecule has 0 aliphatic heterocycles. The van der Waals surface area contributed by atoms with Gasteiger partial charge in [-0.1, -0.05) is 25.1 Å². The lowest BCUT2D eigenvalue weighted by atomic mass is 10.2. The van der Waals surface area contributed by atoms with Crippen LogP contribution in [-0.2, 0) is 13.1 Å². The van der Waals surface area contributed by atoms with E-state index in [4.69, 9.17) is 0 Å². The van der Waals surface area contributed by atoms with Crippen molar-refractivity contribution < 1.29 is 4.39 Å². The molecule has 0 aliphatic rings. The summed E-state index contributed by atoms with van der Waals surface area (Å²) in [5, 5.41) is 3.29. The first-order chi connectivity index (χ1) is 10.2. The smallest absolute Gasteiger partial charge is 0.126 e. The van der Waals surface area contributed by atoms with Gasteiger partial charge in [-0.15, -0.1) is 0 Å². The van der Waals surface area contributed by atoms with Crippen LogP contribution in [0.5, 0.6) is 0 Å². The van der Waals surface area contributed by atoms with Gasteiger partial charge in [-0.3, -0.25) is 4.90 Å². The van der Waals surface area contributed by atoms with Crippen molar-refractivity contribution in [1.29, 1.82) is 0 Å². The van der Waals surface area contributed by atoms with Gasteiger partial charge in [-0.05, 0) is 43.3 Å². The van der Waals surface area contributed by atoms with Gasteiger partial charge in [-0.2, -0.15) is 0 Å². The molecule has 3 nitrogen and oxygen atoms in total. The molecule has 1 heterocycles. The van der Waals surface area contributed by atoms with Crippen LogP contribution in [0, 0.1) is 5.82 Å². The Bertz CT molecular complexity index is 571. The molecule has 0 saturated heterocycles. The van der Waals surface area contributed by atoms with Gasteiger partial charge in [0.25, 0.3) is 0 Å². The Morgan fingerprint density at radius 3 is 2.71 bits per heavy atom. The number of nitrogens with zero attached hydrogens (tertiary/aromatic N) is 2. The average Bonchev–Trinajstić information content (AvgIpc) is 2.45. The number of hydrogen-bond acceptors (Lipinski definition) is 3. The van der Waals surface area contributed by atoms with E-state index in [-0.39, 0.29) is 5.82 Å². The average molecular weight is 287 g/mol. The summed E-state index contributed by atoms with van der Waals surface area (Å²) in [6.45, 7) is 4.49. The van der Waals surface area contributed by atoms with Crippen LogP contribution in [0.1, 0.15) is 24.6 Å². The Morgan fingerprint density at radius 2 is 1.95 bits per heavy atom. The number of hydrogen-bond donors (Lipinski definition) is 1. The largest absolute Gasteiger partial charge is 0.370 e. The van der Waals surface area contributed by atoms with Gasteiger partial charge in [0.2, 0.25) is 0 Å². The molecule has 4 heteroatoms. The Balaban J connectivity index is 1.94. The maximum atomic E-state index is 13.2. The molecule has 2 aromatic rings. The molecule has 0 bridgehead atoms. The molecule has 0 radical (unpaired) electrons. The third-order valence-electron chi connectivity index (χ3n) is 3.14. The molecular formula is C17H22FN3. The van der Waals surface area contributed by atoms with Crippen LogP contribution in [0.25, 0.3) is 0 Å². The molecule has 0 fully saturated rings. The minimum Gasteiger partial charge on any atom is -0.370 e. The van der Waals surface area contributed by atoms with Crippen molar-refractivity contribution in [1.82, 2.24) is 9.88 Å². The van der Waals surface area contributed by atoms with Crippen LogP contribution in [0.15, 0.2) is 42.5 Å². The normalized spacial score (nSPS) is 10.9. The van der Waals surface area contributed by atoms with Crippen LogP contribution in [0.4, 0.5) is 10.2 Å². The van der Waals surface area contributed by atoms with E-state index in [2.05, 4.69) is 22.1 Å². The molecule has 0 unspecified atom stereocenters. The van der Waals surface area contributed by atoms with Crippen LogP contribution in [0.3, 0.4) is 0 Å². The van der Waals surface area contributed by atoms with E-state index in [0.29, 0.717) is 6.54 Å². The van der Waals surface area contributed by atoms with Crippen molar-refractivity contribution in [3.63, 3.8) is 0 Å². The minimum absolute atomic E-state index is 0.190. The highest BCUT2D eigenvalue weighted by Gasteiger charge is 2.04. The zero-order chi connectivity index (χ0) is 15.1. The monoisotopic (exact) mass is 287 g/mol. The summed E-state index contributed by atoms with van der Waals surface area (Å²) in [6, 6.07) is 12.7. The molecule has 0 amide bonds. The number of anilines is 1. The van der Waals surface area contributed by atoms with Crippen molar-refractivity contribution >= 4 is 5.82 Å². The summed E-state index contributed by atoms with van der Waals surface area (Å²) in [7, 11) is 2.01. The number of halogens is 1. The third kappa shape index (κ3) is 5.16. The van der Waals surface area contributed by atoms with Crippen molar-refractivity contribution in [2.45, 2.75) is 26.4 Å². The molecule has 2 rings (SSSR count). The fourth-order valence-corrected chi connectivity index (χ4v) is 2.20. The van der Waals surface area contributed by atoms with E-state index in [9.17, 15) is 4.39 Å². The fourth-order valence-electron chi connectivity index (χ4n) is 2.20. The molecule has 21 heavy (non-hydrogen) atoms. The predicted octanol–water partition coefficient (Wildman–Crippen LogP) is 3.67. The van der Waals surface area contributed by atoms with Crippen LogP contribution in [0.2, 0.25) is 0 Å². The minimum atomic E-state index is -0.190. The summed E-state index contributed by atoms with van der Waals surface area (Å²) in [4.78, 5) is 6.71. The molecule has 0 atom stereocenters. The maximum Gasteiger partial charge on any atom is 0.126 e.